The average Bonchev–Trinajstić information content (AvgIpc) is 2.17. The van der Waals surface area contributed by atoms with Crippen molar-refractivity contribution in [3.05, 3.63) is 0 Å². The van der Waals surface area contributed by atoms with Crippen LogP contribution in [-0.2, 0) is 19.3 Å². The van der Waals surface area contributed by atoms with E-state index in [1.165, 1.54) is 0 Å². The van der Waals surface area contributed by atoms with Gasteiger partial charge >= 0.3 is 10.4 Å². The second-order valence-corrected chi connectivity index (χ2v) is 4.43. The molecule has 1 fully saturated rings. The van der Waals surface area contributed by atoms with Crippen LogP contribution in [-0.4, -0.2) is 75.5 Å². The quantitative estimate of drug-likeness (QED) is 0.220. The normalized spacial score (nSPS) is 41.2. The zero-order chi connectivity index (χ0) is 13.4. The summed E-state index contributed by atoms with van der Waals surface area (Å²) in [5, 5.41) is 45.8. The van der Waals surface area contributed by atoms with Gasteiger partial charge < -0.3 is 30.3 Å². The van der Waals surface area contributed by atoms with Gasteiger partial charge in [-0.1, -0.05) is 0 Å². The molecule has 1 heterocycles. The van der Waals surface area contributed by atoms with Crippen LogP contribution in [0.15, 0.2) is 0 Å². The summed E-state index contributed by atoms with van der Waals surface area (Å²) >= 11 is 0. The second kappa shape index (κ2) is 5.09. The molecule has 1 rings (SSSR count). The van der Waals surface area contributed by atoms with Crippen LogP contribution in [0, 0.1) is 0 Å². The van der Waals surface area contributed by atoms with Gasteiger partial charge in [0.1, 0.15) is 24.4 Å². The van der Waals surface area contributed by atoms with Crippen molar-refractivity contribution in [2.75, 3.05) is 0 Å². The van der Waals surface area contributed by atoms with Gasteiger partial charge in [0.2, 0.25) is 6.29 Å². The van der Waals surface area contributed by atoms with Crippen molar-refractivity contribution in [3.63, 3.8) is 0 Å². The van der Waals surface area contributed by atoms with Gasteiger partial charge in [0, 0.05) is 0 Å². The van der Waals surface area contributed by atoms with E-state index in [4.69, 9.17) is 19.9 Å². The van der Waals surface area contributed by atoms with E-state index in [9.17, 15) is 18.6 Å². The van der Waals surface area contributed by atoms with Gasteiger partial charge in [0.15, 0.2) is 6.29 Å². The van der Waals surface area contributed by atoms with Crippen molar-refractivity contribution >= 4 is 10.4 Å². The molecule has 1 saturated heterocycles. The molecular weight excluding hydrogens is 264 g/mol. The molecule has 6 N–H and O–H groups in total. The predicted molar refractivity (Wildman–Crippen MR) is 47.5 cm³/mol. The van der Waals surface area contributed by atoms with E-state index < -0.39 is 47.4 Å². The lowest BCUT2D eigenvalue weighted by Gasteiger charge is -2.39. The Morgan fingerprint density at radius 3 is 2.06 bits per heavy atom. The van der Waals surface area contributed by atoms with E-state index in [1.54, 1.807) is 0 Å². The SMILES string of the molecule is O=S(=O)(O)OC(O)[C@@H]1OC(O)[C@H](O)[C@@H](O)[C@H]1O. The van der Waals surface area contributed by atoms with E-state index in [-0.39, 0.29) is 0 Å². The zero-order valence-corrected chi connectivity index (χ0v) is 9.01. The minimum absolute atomic E-state index is 1.83. The number of rotatable bonds is 3. The Morgan fingerprint density at radius 2 is 1.59 bits per heavy atom. The Hall–Kier alpha value is -0.370. The fourth-order valence-corrected chi connectivity index (χ4v) is 1.66. The summed E-state index contributed by atoms with van der Waals surface area (Å²) in [5.74, 6) is 0. The number of hydrogen-bond donors (Lipinski definition) is 6. The molecule has 0 aromatic heterocycles. The lowest BCUT2D eigenvalue weighted by molar-refractivity contribution is -0.313. The summed E-state index contributed by atoms with van der Waals surface area (Å²) in [7, 11) is -5.01. The van der Waals surface area contributed by atoms with E-state index in [0.717, 1.165) is 0 Å². The third-order valence-electron chi connectivity index (χ3n) is 2.13. The molecule has 0 aliphatic carbocycles. The molecule has 102 valence electrons. The molecule has 1 aliphatic rings. The van der Waals surface area contributed by atoms with Crippen molar-refractivity contribution in [2.24, 2.45) is 0 Å². The summed E-state index contributed by atoms with van der Waals surface area (Å²) in [6.45, 7) is 0. The van der Waals surface area contributed by atoms with Crippen molar-refractivity contribution in [1.82, 2.24) is 0 Å². The first-order chi connectivity index (χ1) is 7.63. The first kappa shape index (κ1) is 14.7. The topological polar surface area (TPSA) is 174 Å². The van der Waals surface area contributed by atoms with Crippen LogP contribution in [0.1, 0.15) is 0 Å². The zero-order valence-electron chi connectivity index (χ0n) is 8.19. The highest BCUT2D eigenvalue weighted by atomic mass is 32.3. The van der Waals surface area contributed by atoms with E-state index in [2.05, 4.69) is 8.92 Å². The molecule has 0 aromatic carbocycles. The molecule has 0 bridgehead atoms. The molecule has 0 amide bonds. The van der Waals surface area contributed by atoms with Crippen molar-refractivity contribution < 1.29 is 47.4 Å². The maximum absolute atomic E-state index is 10.3. The van der Waals surface area contributed by atoms with Crippen LogP contribution in [0.3, 0.4) is 0 Å². The predicted octanol–water partition coefficient (Wildman–Crippen LogP) is -4.08. The molecule has 0 aromatic rings. The Balaban J connectivity index is 2.77. The maximum Gasteiger partial charge on any atom is 0.399 e. The van der Waals surface area contributed by atoms with Crippen LogP contribution in [0.4, 0.5) is 0 Å². The molecule has 0 radical (unpaired) electrons. The lowest BCUT2D eigenvalue weighted by atomic mass is 9.99. The number of ether oxygens (including phenoxy) is 1. The lowest BCUT2D eigenvalue weighted by Crippen LogP contribution is -2.61. The van der Waals surface area contributed by atoms with Crippen LogP contribution in [0.5, 0.6) is 0 Å². The van der Waals surface area contributed by atoms with E-state index in [1.807, 2.05) is 0 Å². The smallest absolute Gasteiger partial charge is 0.387 e. The summed E-state index contributed by atoms with van der Waals surface area (Å²) in [5.41, 5.74) is 0. The van der Waals surface area contributed by atoms with Crippen LogP contribution >= 0.6 is 0 Å². The van der Waals surface area contributed by atoms with Gasteiger partial charge in [-0.15, -0.1) is 0 Å². The molecule has 0 saturated carbocycles. The van der Waals surface area contributed by atoms with Gasteiger partial charge in [-0.3, -0.25) is 4.55 Å². The first-order valence-corrected chi connectivity index (χ1v) is 5.71. The number of aliphatic hydroxyl groups excluding tert-OH is 5. The molecule has 17 heavy (non-hydrogen) atoms. The Morgan fingerprint density at radius 1 is 1.06 bits per heavy atom. The summed E-state index contributed by atoms with van der Waals surface area (Å²) < 4.78 is 36.9. The summed E-state index contributed by atoms with van der Waals surface area (Å²) in [4.78, 5) is 0. The molecule has 1 aliphatic heterocycles. The van der Waals surface area contributed by atoms with Crippen LogP contribution < -0.4 is 0 Å². The molecule has 10 nitrogen and oxygen atoms in total. The van der Waals surface area contributed by atoms with Crippen molar-refractivity contribution in [2.45, 2.75) is 37.0 Å². The van der Waals surface area contributed by atoms with Gasteiger partial charge in [-0.2, -0.15) is 8.42 Å². The minimum Gasteiger partial charge on any atom is -0.387 e. The Kier molecular flexibility index (Phi) is 4.40. The highest BCUT2D eigenvalue weighted by Gasteiger charge is 2.47. The summed E-state index contributed by atoms with van der Waals surface area (Å²) in [6, 6.07) is 0. The molecule has 0 spiro atoms. The van der Waals surface area contributed by atoms with E-state index >= 15 is 0 Å². The maximum atomic E-state index is 10.3. The summed E-state index contributed by atoms with van der Waals surface area (Å²) in [6.07, 6.45) is -11.8. The van der Waals surface area contributed by atoms with E-state index in [0.29, 0.717) is 0 Å². The van der Waals surface area contributed by atoms with Crippen LogP contribution in [0.25, 0.3) is 0 Å². The molecule has 11 heteroatoms. The third kappa shape index (κ3) is 3.54. The van der Waals surface area contributed by atoms with Gasteiger partial charge in [0.05, 0.1) is 0 Å². The largest absolute Gasteiger partial charge is 0.399 e. The fourth-order valence-electron chi connectivity index (χ4n) is 1.30. The first-order valence-electron chi connectivity index (χ1n) is 4.35. The van der Waals surface area contributed by atoms with Gasteiger partial charge in [-0.25, -0.2) is 4.18 Å². The Bertz CT molecular complexity index is 354. The van der Waals surface area contributed by atoms with Crippen molar-refractivity contribution in [1.29, 1.82) is 0 Å². The minimum atomic E-state index is -5.01. The van der Waals surface area contributed by atoms with Gasteiger partial charge in [-0.05, 0) is 0 Å². The monoisotopic (exact) mass is 276 g/mol. The Labute approximate surface area is 95.6 Å². The van der Waals surface area contributed by atoms with Crippen LogP contribution in [0.2, 0.25) is 0 Å². The molecular formula is C6H12O10S. The second-order valence-electron chi connectivity index (χ2n) is 3.38. The van der Waals surface area contributed by atoms with Gasteiger partial charge in [0.25, 0.3) is 0 Å². The standard InChI is InChI=1S/C6H12O10S/c7-1-2(8)4(15-5(10)3(1)9)6(11)16-17(12,13)14/h1-11H,(H,12,13,14)/t1-,2+,3+,4+,5?,6?/m0/s1. The number of hydrogen-bond acceptors (Lipinski definition) is 9. The third-order valence-corrected chi connectivity index (χ3v) is 2.57. The fraction of sp³-hybridized carbons (Fsp3) is 1.00. The molecule has 2 unspecified atom stereocenters. The average molecular weight is 276 g/mol. The number of aliphatic hydroxyl groups is 5. The highest BCUT2D eigenvalue weighted by molar-refractivity contribution is 7.80. The molecule has 6 atom stereocenters. The highest BCUT2D eigenvalue weighted by Crippen LogP contribution is 2.23. The van der Waals surface area contributed by atoms with Crippen molar-refractivity contribution in [3.8, 4) is 0 Å².